The van der Waals surface area contributed by atoms with Crippen molar-refractivity contribution in [3.63, 3.8) is 0 Å². The maximum absolute atomic E-state index is 13.3. The van der Waals surface area contributed by atoms with E-state index < -0.39 is 10.1 Å². The zero-order valence-corrected chi connectivity index (χ0v) is 19.2. The highest BCUT2D eigenvalue weighted by atomic mass is 32.2. The Labute approximate surface area is 188 Å². The molecule has 2 aromatic heterocycles. The van der Waals surface area contributed by atoms with Crippen LogP contribution < -0.4 is 5.32 Å². The van der Waals surface area contributed by atoms with Crippen LogP contribution in [0.3, 0.4) is 0 Å². The first-order valence-electron chi connectivity index (χ1n) is 10.5. The van der Waals surface area contributed by atoms with E-state index in [1.165, 1.54) is 0 Å². The third-order valence-electron chi connectivity index (χ3n) is 5.57. The number of amides is 1. The van der Waals surface area contributed by atoms with Gasteiger partial charge in [0.05, 0.1) is 24.6 Å². The number of benzene rings is 1. The van der Waals surface area contributed by atoms with Gasteiger partial charge in [0.2, 0.25) is 0 Å². The van der Waals surface area contributed by atoms with Gasteiger partial charge < -0.3 is 9.88 Å². The van der Waals surface area contributed by atoms with Gasteiger partial charge in [-0.2, -0.15) is 8.42 Å². The van der Waals surface area contributed by atoms with E-state index in [2.05, 4.69) is 10.3 Å². The smallest absolute Gasteiger partial charge is 0.264 e. The number of pyridine rings is 1. The molecule has 0 spiro atoms. The van der Waals surface area contributed by atoms with Crippen LogP contribution in [-0.4, -0.2) is 30.1 Å². The molecule has 2 heterocycles. The van der Waals surface area contributed by atoms with Crippen LogP contribution in [0, 0.1) is 12.8 Å². The molecule has 1 fully saturated rings. The van der Waals surface area contributed by atoms with Crippen molar-refractivity contribution < 1.29 is 17.4 Å². The summed E-state index contributed by atoms with van der Waals surface area (Å²) in [7, 11) is -1.69. The van der Waals surface area contributed by atoms with Gasteiger partial charge in [0.1, 0.15) is 0 Å². The molecular formula is C24H27N3O4S. The molecule has 1 amide bonds. The van der Waals surface area contributed by atoms with E-state index >= 15 is 0 Å². The van der Waals surface area contributed by atoms with E-state index in [9.17, 15) is 13.2 Å². The number of hydrogen-bond acceptors (Lipinski definition) is 5. The van der Waals surface area contributed by atoms with E-state index in [1.54, 1.807) is 12.3 Å². The second kappa shape index (κ2) is 8.88. The Morgan fingerprint density at radius 2 is 2.03 bits per heavy atom. The lowest BCUT2D eigenvalue weighted by molar-refractivity contribution is 0.0930. The molecule has 1 atom stereocenters. The monoisotopic (exact) mass is 453 g/mol. The molecule has 1 N–H and O–H groups in total. The molecule has 32 heavy (non-hydrogen) atoms. The Bertz CT molecular complexity index is 1250. The molecule has 1 saturated carbocycles. The average Bonchev–Trinajstić information content (AvgIpc) is 3.49. The third-order valence-corrected chi connectivity index (χ3v) is 6.12. The molecule has 4 rings (SSSR count). The van der Waals surface area contributed by atoms with Gasteiger partial charge in [-0.3, -0.25) is 14.0 Å². The highest BCUT2D eigenvalue weighted by Crippen LogP contribution is 2.40. The SMILES string of the molecule is Cc1ccnc(C(NC(=O)c2cc(COS(C)(=O)=O)cc(-c3cccn3C)c2)C2CC2)c1. The molecule has 7 nitrogen and oxygen atoms in total. The van der Waals surface area contributed by atoms with Gasteiger partial charge in [0.25, 0.3) is 16.0 Å². The number of rotatable bonds is 8. The second-order valence-electron chi connectivity index (χ2n) is 8.44. The fourth-order valence-corrected chi connectivity index (χ4v) is 4.16. The maximum atomic E-state index is 13.3. The Hall–Kier alpha value is -2.97. The minimum absolute atomic E-state index is 0.136. The lowest BCUT2D eigenvalue weighted by atomic mass is 10.0. The van der Waals surface area contributed by atoms with Gasteiger partial charge in [-0.1, -0.05) is 0 Å². The fraction of sp³-hybridized carbons (Fsp3) is 0.333. The summed E-state index contributed by atoms with van der Waals surface area (Å²) < 4.78 is 29.9. The van der Waals surface area contributed by atoms with Crippen LogP contribution in [-0.2, 0) is 28.0 Å². The lowest BCUT2D eigenvalue weighted by Crippen LogP contribution is -2.30. The number of aromatic nitrogens is 2. The van der Waals surface area contributed by atoms with Crippen molar-refractivity contribution in [2.24, 2.45) is 13.0 Å². The maximum Gasteiger partial charge on any atom is 0.264 e. The van der Waals surface area contributed by atoms with E-state index in [0.29, 0.717) is 17.0 Å². The Morgan fingerprint density at radius 3 is 2.66 bits per heavy atom. The van der Waals surface area contributed by atoms with Crippen molar-refractivity contribution in [3.05, 3.63) is 77.2 Å². The zero-order valence-electron chi connectivity index (χ0n) is 18.4. The lowest BCUT2D eigenvalue weighted by Gasteiger charge is -2.19. The fourth-order valence-electron chi connectivity index (χ4n) is 3.81. The van der Waals surface area contributed by atoms with Gasteiger partial charge in [-0.15, -0.1) is 0 Å². The molecule has 1 aromatic carbocycles. The van der Waals surface area contributed by atoms with Crippen LogP contribution in [0.4, 0.5) is 0 Å². The summed E-state index contributed by atoms with van der Waals surface area (Å²) >= 11 is 0. The summed E-state index contributed by atoms with van der Waals surface area (Å²) in [4.78, 5) is 17.8. The minimum Gasteiger partial charge on any atom is -0.351 e. The van der Waals surface area contributed by atoms with Crippen LogP contribution >= 0.6 is 0 Å². The van der Waals surface area contributed by atoms with Crippen LogP contribution in [0.2, 0.25) is 0 Å². The van der Waals surface area contributed by atoms with Crippen LogP contribution in [0.1, 0.15) is 46.1 Å². The number of nitrogens with one attached hydrogen (secondary N) is 1. The largest absolute Gasteiger partial charge is 0.351 e. The topological polar surface area (TPSA) is 90.3 Å². The molecule has 8 heteroatoms. The van der Waals surface area contributed by atoms with Crippen molar-refractivity contribution in [2.75, 3.05) is 6.26 Å². The second-order valence-corrected chi connectivity index (χ2v) is 10.1. The molecule has 0 aliphatic heterocycles. The minimum atomic E-state index is -3.61. The van der Waals surface area contributed by atoms with Gasteiger partial charge >= 0.3 is 0 Å². The Morgan fingerprint density at radius 1 is 1.25 bits per heavy atom. The molecule has 168 valence electrons. The van der Waals surface area contributed by atoms with E-state index in [1.807, 2.05) is 61.1 Å². The van der Waals surface area contributed by atoms with Gasteiger partial charge in [0.15, 0.2) is 0 Å². The predicted octanol–water partition coefficient (Wildman–Crippen LogP) is 3.75. The van der Waals surface area contributed by atoms with Crippen molar-refractivity contribution in [1.82, 2.24) is 14.9 Å². The summed E-state index contributed by atoms with van der Waals surface area (Å²) in [6.45, 7) is 1.87. The predicted molar refractivity (Wildman–Crippen MR) is 122 cm³/mol. The number of nitrogens with zero attached hydrogens (tertiary/aromatic N) is 2. The summed E-state index contributed by atoms with van der Waals surface area (Å²) in [5, 5.41) is 3.16. The normalized spacial score (nSPS) is 14.8. The first-order chi connectivity index (χ1) is 15.2. The number of hydrogen-bond donors (Lipinski definition) is 1. The first kappa shape index (κ1) is 22.2. The van der Waals surface area contributed by atoms with E-state index in [4.69, 9.17) is 4.18 Å². The summed E-state index contributed by atoms with van der Waals surface area (Å²) in [5.74, 6) is 0.152. The number of carbonyl (C=O) groups is 1. The van der Waals surface area contributed by atoms with Crippen LogP contribution in [0.5, 0.6) is 0 Å². The standard InChI is InChI=1S/C24H27N3O4S/c1-16-8-9-25-21(11-16)23(18-6-7-18)26-24(28)20-13-17(15-31-32(3,29)30)12-19(14-20)22-5-4-10-27(22)2/h4-5,8-14,18,23H,6-7,15H2,1-3H3,(H,26,28). The molecule has 0 radical (unpaired) electrons. The summed E-state index contributed by atoms with van der Waals surface area (Å²) in [6.07, 6.45) is 6.80. The molecule has 0 bridgehead atoms. The van der Waals surface area contributed by atoms with Crippen molar-refractivity contribution >= 4 is 16.0 Å². The first-order valence-corrected chi connectivity index (χ1v) is 12.3. The van der Waals surface area contributed by atoms with Gasteiger partial charge in [-0.05, 0) is 84.8 Å². The third kappa shape index (κ3) is 5.44. The van der Waals surface area contributed by atoms with Crippen molar-refractivity contribution in [2.45, 2.75) is 32.4 Å². The van der Waals surface area contributed by atoms with E-state index in [0.717, 1.165) is 41.6 Å². The molecule has 1 aliphatic rings. The Balaban J connectivity index is 1.66. The summed E-state index contributed by atoms with van der Waals surface area (Å²) in [5.41, 5.74) is 4.75. The van der Waals surface area contributed by atoms with Crippen molar-refractivity contribution in [3.8, 4) is 11.3 Å². The molecular weight excluding hydrogens is 426 g/mol. The zero-order chi connectivity index (χ0) is 22.9. The average molecular weight is 454 g/mol. The van der Waals surface area contributed by atoms with Crippen LogP contribution in [0.15, 0.2) is 54.9 Å². The van der Waals surface area contributed by atoms with E-state index in [-0.39, 0.29) is 18.6 Å². The highest BCUT2D eigenvalue weighted by Gasteiger charge is 2.34. The van der Waals surface area contributed by atoms with Gasteiger partial charge in [-0.25, -0.2) is 0 Å². The molecule has 1 unspecified atom stereocenters. The molecule has 1 aliphatic carbocycles. The highest BCUT2D eigenvalue weighted by molar-refractivity contribution is 7.85. The van der Waals surface area contributed by atoms with Crippen LogP contribution in [0.25, 0.3) is 11.3 Å². The molecule has 3 aromatic rings. The molecule has 0 saturated heterocycles. The van der Waals surface area contributed by atoms with Crippen molar-refractivity contribution in [1.29, 1.82) is 0 Å². The summed E-state index contributed by atoms with van der Waals surface area (Å²) in [6, 6.07) is 13.0. The Kier molecular flexibility index (Phi) is 6.17. The quantitative estimate of drug-likeness (QED) is 0.525. The number of aryl methyl sites for hydroxylation is 2. The van der Waals surface area contributed by atoms with Gasteiger partial charge in [0, 0.05) is 30.7 Å². The number of carbonyl (C=O) groups excluding carboxylic acids is 1.